The predicted octanol–water partition coefficient (Wildman–Crippen LogP) is 3.48. The summed E-state index contributed by atoms with van der Waals surface area (Å²) >= 11 is 3.35. The molecule has 0 radical (unpaired) electrons. The predicted molar refractivity (Wildman–Crippen MR) is 84.6 cm³/mol. The first-order chi connectivity index (χ1) is 10.1. The third-order valence-electron chi connectivity index (χ3n) is 3.74. The molecule has 0 aromatic heterocycles. The SMILES string of the molecule is CC(Oc1c(Br)cccc1C=O)C(=O)NC1CCCCC1. The number of carbonyl (C=O) groups is 2. The van der Waals surface area contributed by atoms with Crippen LogP contribution >= 0.6 is 15.9 Å². The molecule has 0 aliphatic heterocycles. The number of hydrogen-bond donors (Lipinski definition) is 1. The molecule has 0 bridgehead atoms. The van der Waals surface area contributed by atoms with E-state index in [-0.39, 0.29) is 11.9 Å². The first-order valence-corrected chi connectivity index (χ1v) is 8.12. The first kappa shape index (κ1) is 16.0. The van der Waals surface area contributed by atoms with Crippen molar-refractivity contribution in [2.45, 2.75) is 51.2 Å². The number of halogens is 1. The fourth-order valence-electron chi connectivity index (χ4n) is 2.54. The summed E-state index contributed by atoms with van der Waals surface area (Å²) in [5, 5.41) is 3.03. The monoisotopic (exact) mass is 353 g/mol. The zero-order chi connectivity index (χ0) is 15.2. The third-order valence-corrected chi connectivity index (χ3v) is 4.36. The second kappa shape index (κ2) is 7.59. The number of rotatable bonds is 5. The average molecular weight is 354 g/mol. The van der Waals surface area contributed by atoms with Gasteiger partial charge >= 0.3 is 0 Å². The fraction of sp³-hybridized carbons (Fsp3) is 0.500. The number of benzene rings is 1. The number of aldehydes is 1. The molecule has 2 rings (SSSR count). The molecule has 0 heterocycles. The van der Waals surface area contributed by atoms with Gasteiger partial charge in [0, 0.05) is 6.04 Å². The van der Waals surface area contributed by atoms with Gasteiger partial charge in [-0.15, -0.1) is 0 Å². The number of nitrogens with one attached hydrogen (secondary N) is 1. The average Bonchev–Trinajstić information content (AvgIpc) is 2.50. The lowest BCUT2D eigenvalue weighted by Crippen LogP contribution is -2.43. The largest absolute Gasteiger partial charge is 0.479 e. The highest BCUT2D eigenvalue weighted by Gasteiger charge is 2.22. The molecule has 1 aliphatic carbocycles. The van der Waals surface area contributed by atoms with E-state index in [1.54, 1.807) is 25.1 Å². The van der Waals surface area contributed by atoms with Gasteiger partial charge in [0.2, 0.25) is 0 Å². The summed E-state index contributed by atoms with van der Waals surface area (Å²) in [5.74, 6) is 0.285. The number of para-hydroxylation sites is 1. The van der Waals surface area contributed by atoms with Gasteiger partial charge in [0.15, 0.2) is 12.4 Å². The van der Waals surface area contributed by atoms with Crippen LogP contribution in [0.25, 0.3) is 0 Å². The molecule has 1 atom stereocenters. The summed E-state index contributed by atoms with van der Waals surface area (Å²) in [6.07, 6.45) is 5.74. The first-order valence-electron chi connectivity index (χ1n) is 7.32. The Balaban J connectivity index is 1.98. The topological polar surface area (TPSA) is 55.4 Å². The standard InChI is InChI=1S/C16H20BrNO3/c1-11(16(20)18-13-7-3-2-4-8-13)21-15-12(10-19)6-5-9-14(15)17/h5-6,9-11,13H,2-4,7-8H2,1H3,(H,18,20). The van der Waals surface area contributed by atoms with Crippen LogP contribution < -0.4 is 10.1 Å². The van der Waals surface area contributed by atoms with Gasteiger partial charge in [-0.3, -0.25) is 9.59 Å². The van der Waals surface area contributed by atoms with Crippen LogP contribution in [-0.2, 0) is 4.79 Å². The highest BCUT2D eigenvalue weighted by Crippen LogP contribution is 2.29. The van der Waals surface area contributed by atoms with Crippen LogP contribution in [0, 0.1) is 0 Å². The van der Waals surface area contributed by atoms with Crippen LogP contribution in [0.2, 0.25) is 0 Å². The normalized spacial score (nSPS) is 17.0. The molecule has 1 aromatic carbocycles. The van der Waals surface area contributed by atoms with Crippen molar-refractivity contribution in [3.05, 3.63) is 28.2 Å². The van der Waals surface area contributed by atoms with Crippen LogP contribution in [0.4, 0.5) is 0 Å². The summed E-state index contributed by atoms with van der Waals surface area (Å²) in [6.45, 7) is 1.70. The molecule has 1 fully saturated rings. The molecule has 1 N–H and O–H groups in total. The Labute approximate surface area is 133 Å². The lowest BCUT2D eigenvalue weighted by Gasteiger charge is -2.25. The number of carbonyl (C=O) groups excluding carboxylic acids is 2. The molecule has 21 heavy (non-hydrogen) atoms. The van der Waals surface area contributed by atoms with Gasteiger partial charge in [0.25, 0.3) is 5.91 Å². The summed E-state index contributed by atoms with van der Waals surface area (Å²) in [7, 11) is 0. The van der Waals surface area contributed by atoms with E-state index in [0.29, 0.717) is 15.8 Å². The van der Waals surface area contributed by atoms with Crippen molar-refractivity contribution in [3.63, 3.8) is 0 Å². The minimum Gasteiger partial charge on any atom is -0.479 e. The molecule has 114 valence electrons. The van der Waals surface area contributed by atoms with E-state index in [1.807, 2.05) is 0 Å². The molecule has 1 amide bonds. The van der Waals surface area contributed by atoms with Crippen molar-refractivity contribution in [1.82, 2.24) is 5.32 Å². The number of ether oxygens (including phenoxy) is 1. The van der Waals surface area contributed by atoms with Crippen molar-refractivity contribution in [1.29, 1.82) is 0 Å². The minimum absolute atomic E-state index is 0.130. The van der Waals surface area contributed by atoms with Crippen LogP contribution in [0.15, 0.2) is 22.7 Å². The summed E-state index contributed by atoms with van der Waals surface area (Å²) in [4.78, 5) is 23.2. The molecular weight excluding hydrogens is 334 g/mol. The summed E-state index contributed by atoms with van der Waals surface area (Å²) in [5.41, 5.74) is 0.432. The minimum atomic E-state index is -0.635. The molecular formula is C16H20BrNO3. The van der Waals surface area contributed by atoms with E-state index < -0.39 is 6.10 Å². The van der Waals surface area contributed by atoms with E-state index in [0.717, 1.165) is 19.1 Å². The van der Waals surface area contributed by atoms with E-state index in [4.69, 9.17) is 4.74 Å². The fourth-order valence-corrected chi connectivity index (χ4v) is 3.01. The summed E-state index contributed by atoms with van der Waals surface area (Å²) in [6, 6.07) is 5.46. The second-order valence-corrected chi connectivity index (χ2v) is 6.23. The number of hydrogen-bond acceptors (Lipinski definition) is 3. The van der Waals surface area contributed by atoms with Crippen molar-refractivity contribution >= 4 is 28.1 Å². The van der Waals surface area contributed by atoms with Crippen LogP contribution in [0.3, 0.4) is 0 Å². The lowest BCUT2D eigenvalue weighted by atomic mass is 9.95. The highest BCUT2D eigenvalue weighted by molar-refractivity contribution is 9.10. The van der Waals surface area contributed by atoms with Gasteiger partial charge in [0.1, 0.15) is 5.75 Å². The van der Waals surface area contributed by atoms with Gasteiger partial charge in [-0.2, -0.15) is 0 Å². The molecule has 1 aromatic rings. The Morgan fingerprint density at radius 1 is 1.38 bits per heavy atom. The van der Waals surface area contributed by atoms with Crippen LogP contribution in [0.1, 0.15) is 49.4 Å². The van der Waals surface area contributed by atoms with E-state index in [1.165, 1.54) is 19.3 Å². The molecule has 0 spiro atoms. The molecule has 1 aliphatic rings. The Bertz CT molecular complexity index is 512. The molecule has 0 saturated heterocycles. The number of amides is 1. The Hall–Kier alpha value is -1.36. The third kappa shape index (κ3) is 4.30. The smallest absolute Gasteiger partial charge is 0.260 e. The Kier molecular flexibility index (Phi) is 5.79. The van der Waals surface area contributed by atoms with Gasteiger partial charge in [0.05, 0.1) is 10.0 Å². The highest BCUT2D eigenvalue weighted by atomic mass is 79.9. The van der Waals surface area contributed by atoms with Crippen molar-refractivity contribution in [3.8, 4) is 5.75 Å². The maximum atomic E-state index is 12.2. The summed E-state index contributed by atoms with van der Waals surface area (Å²) < 4.78 is 6.35. The molecule has 5 heteroatoms. The van der Waals surface area contributed by atoms with Crippen LogP contribution in [0.5, 0.6) is 5.75 Å². The van der Waals surface area contributed by atoms with Gasteiger partial charge in [-0.05, 0) is 47.8 Å². The van der Waals surface area contributed by atoms with Crippen molar-refractivity contribution in [2.75, 3.05) is 0 Å². The van der Waals surface area contributed by atoms with Gasteiger partial charge in [-0.1, -0.05) is 25.3 Å². The van der Waals surface area contributed by atoms with Crippen molar-refractivity contribution in [2.24, 2.45) is 0 Å². The Morgan fingerprint density at radius 3 is 2.76 bits per heavy atom. The second-order valence-electron chi connectivity index (χ2n) is 5.38. The molecule has 1 saturated carbocycles. The Morgan fingerprint density at radius 2 is 2.10 bits per heavy atom. The quantitative estimate of drug-likeness (QED) is 0.824. The lowest BCUT2D eigenvalue weighted by molar-refractivity contribution is -0.128. The van der Waals surface area contributed by atoms with Crippen LogP contribution in [-0.4, -0.2) is 24.3 Å². The van der Waals surface area contributed by atoms with Crippen molar-refractivity contribution < 1.29 is 14.3 Å². The maximum Gasteiger partial charge on any atom is 0.260 e. The van der Waals surface area contributed by atoms with E-state index in [9.17, 15) is 9.59 Å². The zero-order valence-electron chi connectivity index (χ0n) is 12.1. The maximum absolute atomic E-state index is 12.2. The zero-order valence-corrected chi connectivity index (χ0v) is 13.7. The van der Waals surface area contributed by atoms with E-state index in [2.05, 4.69) is 21.2 Å². The van der Waals surface area contributed by atoms with Gasteiger partial charge < -0.3 is 10.1 Å². The molecule has 4 nitrogen and oxygen atoms in total. The molecule has 1 unspecified atom stereocenters. The van der Waals surface area contributed by atoms with E-state index >= 15 is 0 Å². The van der Waals surface area contributed by atoms with Gasteiger partial charge in [-0.25, -0.2) is 0 Å².